The number of aliphatic carboxylic acids is 1. The van der Waals surface area contributed by atoms with Crippen molar-refractivity contribution in [2.75, 3.05) is 0 Å². The first-order chi connectivity index (χ1) is 19.0. The number of rotatable bonds is 9. The van der Waals surface area contributed by atoms with E-state index in [1.54, 1.807) is 24.3 Å². The zero-order valence-corrected chi connectivity index (χ0v) is 25.8. The van der Waals surface area contributed by atoms with Crippen molar-refractivity contribution in [1.82, 2.24) is 14.8 Å². The largest absolute Gasteiger partial charge is 1.00 e. The molecular weight excluding hydrogens is 532 g/mol. The van der Waals surface area contributed by atoms with Gasteiger partial charge in [-0.1, -0.05) is 54.6 Å². The second kappa shape index (κ2) is 12.5. The molecule has 2 aromatic carbocycles. The number of hydrogen-bond acceptors (Lipinski definition) is 6. The van der Waals surface area contributed by atoms with E-state index in [4.69, 9.17) is 10.1 Å². The first kappa shape index (κ1) is 31.1. The van der Waals surface area contributed by atoms with Gasteiger partial charge in [-0.15, -0.1) is 0 Å². The number of aromatic nitrogens is 3. The Hall–Kier alpha value is -2.88. The van der Waals surface area contributed by atoms with Crippen LogP contribution in [-0.4, -0.2) is 43.2 Å². The fraction of sp³-hybridized carbons (Fsp3) is 0.344. The van der Waals surface area contributed by atoms with Crippen molar-refractivity contribution < 1.29 is 54.1 Å². The summed E-state index contributed by atoms with van der Waals surface area (Å²) in [6, 6.07) is 16.2. The summed E-state index contributed by atoms with van der Waals surface area (Å²) < 4.78 is 16.0. The first-order valence-electron chi connectivity index (χ1n) is 13.6. The van der Waals surface area contributed by atoms with Gasteiger partial charge in [0.25, 0.3) is 0 Å². The molecule has 1 aliphatic carbocycles. The Morgan fingerprint density at radius 1 is 1.10 bits per heavy atom. The van der Waals surface area contributed by atoms with Crippen molar-refractivity contribution in [3.63, 3.8) is 0 Å². The number of fused-ring (bicyclic) bond motifs is 1. The fourth-order valence-corrected chi connectivity index (χ4v) is 5.04. The molecule has 2 aromatic heterocycles. The van der Waals surface area contributed by atoms with E-state index in [1.807, 2.05) is 35.0 Å². The number of carbonyl (C=O) groups is 1. The summed E-state index contributed by atoms with van der Waals surface area (Å²) in [5.41, 5.74) is 5.31. The standard InChI is InChI=1S/C32H34FN3O4.Na/c1-32(2,3)36-31-28(30(35-36)20-7-5-4-6-8-20)27(19-11-13-22(33)14-12-19)25(29(34-31)21-9-10-21)16-15-23(37)17-24(38)18-26(39)40;/h4-8,11-16,21,23-24,37-38H,9-10,17-18H2,1-3H3,(H,39,40);/q;+1/p-1/b16-15+;/t23-,24-;/m1./s1. The Balaban J connectivity index is 0.00000387. The molecule has 2 N–H and O–H groups in total. The molecule has 0 aliphatic heterocycles. The Morgan fingerprint density at radius 2 is 1.76 bits per heavy atom. The van der Waals surface area contributed by atoms with Crippen molar-refractivity contribution in [3.05, 3.63) is 77.7 Å². The van der Waals surface area contributed by atoms with E-state index in [0.29, 0.717) is 0 Å². The third-order valence-electron chi connectivity index (χ3n) is 7.06. The Morgan fingerprint density at radius 3 is 2.34 bits per heavy atom. The maximum Gasteiger partial charge on any atom is 1.00 e. The maximum atomic E-state index is 14.1. The number of carboxylic acids is 1. The van der Waals surface area contributed by atoms with Gasteiger partial charge in [-0.3, -0.25) is 0 Å². The zero-order chi connectivity index (χ0) is 28.6. The maximum absolute atomic E-state index is 14.1. The quantitative estimate of drug-likeness (QED) is 0.300. The number of carboxylic acid groups (broad SMARTS) is 1. The van der Waals surface area contributed by atoms with Gasteiger partial charge in [-0.2, -0.15) is 5.10 Å². The Kier molecular flexibility index (Phi) is 9.51. The van der Waals surface area contributed by atoms with Crippen molar-refractivity contribution in [3.8, 4) is 22.4 Å². The summed E-state index contributed by atoms with van der Waals surface area (Å²) in [7, 11) is 0. The Bertz CT molecular complexity index is 1560. The normalized spacial score (nSPS) is 15.2. The number of nitrogens with zero attached hydrogens (tertiary/aromatic N) is 3. The van der Waals surface area contributed by atoms with Crippen LogP contribution in [0.25, 0.3) is 39.5 Å². The number of pyridine rings is 1. The molecule has 0 spiro atoms. The molecule has 0 amide bonds. The summed E-state index contributed by atoms with van der Waals surface area (Å²) in [5, 5.41) is 37.4. The van der Waals surface area contributed by atoms with E-state index < -0.39 is 24.6 Å². The molecule has 1 saturated carbocycles. The molecule has 4 aromatic rings. The topological polar surface area (TPSA) is 111 Å². The summed E-state index contributed by atoms with van der Waals surface area (Å²) in [6.45, 7) is 6.23. The van der Waals surface area contributed by atoms with Crippen LogP contribution in [-0.2, 0) is 10.3 Å². The van der Waals surface area contributed by atoms with Gasteiger partial charge in [0.05, 0.1) is 28.8 Å². The van der Waals surface area contributed by atoms with Crippen LogP contribution in [0.3, 0.4) is 0 Å². The molecule has 1 fully saturated rings. The molecule has 0 saturated heterocycles. The third kappa shape index (κ3) is 6.96. The van der Waals surface area contributed by atoms with E-state index >= 15 is 0 Å². The molecule has 5 rings (SSSR count). The van der Waals surface area contributed by atoms with Gasteiger partial charge >= 0.3 is 29.6 Å². The molecule has 208 valence electrons. The van der Waals surface area contributed by atoms with E-state index in [0.717, 1.165) is 57.5 Å². The van der Waals surface area contributed by atoms with Crippen LogP contribution in [0, 0.1) is 5.82 Å². The van der Waals surface area contributed by atoms with Crippen LogP contribution >= 0.6 is 0 Å². The molecule has 1 aliphatic rings. The van der Waals surface area contributed by atoms with Crippen LogP contribution in [0.4, 0.5) is 4.39 Å². The number of aliphatic hydroxyl groups is 2. The predicted octanol–water partition coefficient (Wildman–Crippen LogP) is 1.81. The molecule has 0 radical (unpaired) electrons. The van der Waals surface area contributed by atoms with Crippen molar-refractivity contribution in [2.45, 2.75) is 70.1 Å². The predicted molar refractivity (Wildman–Crippen MR) is 151 cm³/mol. The number of hydrogen-bond donors (Lipinski definition) is 2. The second-order valence-electron chi connectivity index (χ2n) is 11.5. The molecule has 0 bridgehead atoms. The second-order valence-corrected chi connectivity index (χ2v) is 11.5. The molecule has 41 heavy (non-hydrogen) atoms. The van der Waals surface area contributed by atoms with Gasteiger partial charge in [0, 0.05) is 41.4 Å². The van der Waals surface area contributed by atoms with Gasteiger partial charge in [0.15, 0.2) is 5.65 Å². The van der Waals surface area contributed by atoms with E-state index in [9.17, 15) is 24.5 Å². The van der Waals surface area contributed by atoms with E-state index in [2.05, 4.69) is 20.8 Å². The first-order valence-corrected chi connectivity index (χ1v) is 13.6. The zero-order valence-electron chi connectivity index (χ0n) is 23.8. The summed E-state index contributed by atoms with van der Waals surface area (Å²) in [6.07, 6.45) is 2.26. The minimum Gasteiger partial charge on any atom is -0.550 e. The number of halogens is 1. The van der Waals surface area contributed by atoms with Crippen molar-refractivity contribution in [1.29, 1.82) is 0 Å². The molecular formula is C32H33FN3NaO4. The summed E-state index contributed by atoms with van der Waals surface area (Å²) >= 11 is 0. The SMILES string of the molecule is CC(C)(C)n1nc(-c2ccccc2)c2c(-c3ccc(F)cc3)c(/C=C/[C@@H](O)C[C@@H](O)CC(=O)[O-])c(C3CC3)nc21.[Na+]. The molecule has 2 heterocycles. The van der Waals surface area contributed by atoms with Crippen LogP contribution in [0.5, 0.6) is 0 Å². The van der Waals surface area contributed by atoms with E-state index in [1.165, 1.54) is 12.1 Å². The van der Waals surface area contributed by atoms with Gasteiger partial charge < -0.3 is 20.1 Å². The van der Waals surface area contributed by atoms with Crippen molar-refractivity contribution >= 4 is 23.1 Å². The molecule has 9 heteroatoms. The number of aliphatic hydroxyl groups excluding tert-OH is 2. The number of benzene rings is 2. The smallest absolute Gasteiger partial charge is 0.550 e. The van der Waals surface area contributed by atoms with Crippen LogP contribution in [0.2, 0.25) is 0 Å². The third-order valence-corrected chi connectivity index (χ3v) is 7.06. The average molecular weight is 566 g/mol. The fourth-order valence-electron chi connectivity index (χ4n) is 5.04. The number of carbonyl (C=O) groups excluding carboxylic acids is 1. The molecule has 0 unspecified atom stereocenters. The Labute approximate surface area is 261 Å². The van der Waals surface area contributed by atoms with Crippen LogP contribution in [0.15, 0.2) is 60.7 Å². The minimum absolute atomic E-state index is 0. The molecule has 2 atom stereocenters. The minimum atomic E-state index is -1.38. The van der Waals surface area contributed by atoms with Crippen LogP contribution in [0.1, 0.15) is 63.6 Å². The summed E-state index contributed by atoms with van der Waals surface area (Å²) in [4.78, 5) is 16.0. The molecule has 7 nitrogen and oxygen atoms in total. The van der Waals surface area contributed by atoms with Gasteiger partial charge in [-0.25, -0.2) is 14.1 Å². The van der Waals surface area contributed by atoms with E-state index in [-0.39, 0.29) is 53.3 Å². The average Bonchev–Trinajstić information content (AvgIpc) is 3.66. The van der Waals surface area contributed by atoms with Gasteiger partial charge in [-0.05, 0) is 51.3 Å². The summed E-state index contributed by atoms with van der Waals surface area (Å²) in [5.74, 6) is -1.50. The van der Waals surface area contributed by atoms with Crippen LogP contribution < -0.4 is 34.7 Å². The van der Waals surface area contributed by atoms with Gasteiger partial charge in [0.2, 0.25) is 0 Å². The monoisotopic (exact) mass is 565 g/mol. The van der Waals surface area contributed by atoms with Crippen molar-refractivity contribution in [2.24, 2.45) is 0 Å². The van der Waals surface area contributed by atoms with Gasteiger partial charge in [0.1, 0.15) is 11.5 Å².